The lowest BCUT2D eigenvalue weighted by Gasteiger charge is -2.19. The van der Waals surface area contributed by atoms with Crippen LogP contribution in [0.25, 0.3) is 0 Å². The molecule has 0 saturated heterocycles. The minimum absolute atomic E-state index is 0.0264. The van der Waals surface area contributed by atoms with E-state index in [1.165, 1.54) is 18.3 Å². The first-order valence-electron chi connectivity index (χ1n) is 7.18. The molecule has 1 amide bonds. The van der Waals surface area contributed by atoms with Gasteiger partial charge >= 0.3 is 0 Å². The van der Waals surface area contributed by atoms with Crippen LogP contribution in [0.2, 0.25) is 0 Å². The molecular weight excluding hydrogens is 298 g/mol. The first-order chi connectivity index (χ1) is 10.6. The van der Waals surface area contributed by atoms with Crippen LogP contribution >= 0.6 is 11.3 Å². The fourth-order valence-electron chi connectivity index (χ4n) is 2.62. The molecule has 2 unspecified atom stereocenters. The summed E-state index contributed by atoms with van der Waals surface area (Å²) in [4.78, 5) is 24.2. The van der Waals surface area contributed by atoms with Crippen LogP contribution in [0.5, 0.6) is 5.75 Å². The maximum absolute atomic E-state index is 12.3. The van der Waals surface area contributed by atoms with Crippen LogP contribution in [0.3, 0.4) is 0 Å². The normalized spacial score (nSPS) is 17.5. The number of thiophene rings is 1. The van der Waals surface area contributed by atoms with E-state index in [0.29, 0.717) is 17.0 Å². The van der Waals surface area contributed by atoms with Crippen molar-refractivity contribution >= 4 is 23.0 Å². The number of benzene rings is 1. The second-order valence-corrected chi connectivity index (χ2v) is 6.38. The predicted octanol–water partition coefficient (Wildman–Crippen LogP) is 3.25. The molecule has 2 heterocycles. The van der Waals surface area contributed by atoms with E-state index < -0.39 is 0 Å². The maximum Gasteiger partial charge on any atom is 0.261 e. The second kappa shape index (κ2) is 5.93. The van der Waals surface area contributed by atoms with Crippen molar-refractivity contribution in [3.05, 3.63) is 51.7 Å². The van der Waals surface area contributed by atoms with Crippen molar-refractivity contribution in [1.29, 1.82) is 0 Å². The molecule has 0 bridgehead atoms. The molecule has 0 fully saturated rings. The summed E-state index contributed by atoms with van der Waals surface area (Å²) in [5.74, 6) is 0.867. The van der Waals surface area contributed by atoms with E-state index >= 15 is 0 Å². The van der Waals surface area contributed by atoms with Gasteiger partial charge in [-0.15, -0.1) is 11.3 Å². The third kappa shape index (κ3) is 2.76. The molecule has 1 aliphatic heterocycles. The molecule has 1 aromatic heterocycles. The quantitative estimate of drug-likeness (QED) is 0.881. The number of rotatable bonds is 4. The number of carbonyl (C=O) groups is 2. The van der Waals surface area contributed by atoms with Gasteiger partial charge in [-0.05, 0) is 26.0 Å². The van der Waals surface area contributed by atoms with Gasteiger partial charge in [0.05, 0.1) is 11.5 Å². The number of hydrogen-bond donors (Lipinski definition) is 1. The summed E-state index contributed by atoms with van der Waals surface area (Å²) in [6.07, 6.45) is 0. The molecule has 0 aliphatic carbocycles. The van der Waals surface area contributed by atoms with E-state index in [1.807, 2.05) is 31.2 Å². The van der Waals surface area contributed by atoms with Crippen LogP contribution in [0.15, 0.2) is 35.7 Å². The third-order valence-corrected chi connectivity index (χ3v) is 4.86. The molecule has 2 atom stereocenters. The van der Waals surface area contributed by atoms with Gasteiger partial charge in [-0.3, -0.25) is 9.59 Å². The van der Waals surface area contributed by atoms with Crippen molar-refractivity contribution in [2.75, 3.05) is 6.61 Å². The zero-order valence-corrected chi connectivity index (χ0v) is 13.3. The lowest BCUT2D eigenvalue weighted by Crippen LogP contribution is -2.37. The molecule has 1 aliphatic rings. The Kier molecular flexibility index (Phi) is 3.98. The van der Waals surface area contributed by atoms with E-state index in [-0.39, 0.29) is 23.7 Å². The Hall–Kier alpha value is -2.14. The first kappa shape index (κ1) is 14.8. The smallest absolute Gasteiger partial charge is 0.261 e. The molecule has 0 radical (unpaired) electrons. The van der Waals surface area contributed by atoms with Gasteiger partial charge in [0, 0.05) is 28.5 Å². The van der Waals surface area contributed by atoms with Crippen molar-refractivity contribution in [2.24, 2.45) is 0 Å². The highest BCUT2D eigenvalue weighted by Crippen LogP contribution is 2.35. The van der Waals surface area contributed by atoms with Crippen molar-refractivity contribution in [1.82, 2.24) is 5.32 Å². The first-order valence-corrected chi connectivity index (χ1v) is 8.06. The zero-order valence-electron chi connectivity index (χ0n) is 12.5. The topological polar surface area (TPSA) is 55.4 Å². The molecule has 0 saturated carbocycles. The van der Waals surface area contributed by atoms with Crippen LogP contribution < -0.4 is 10.1 Å². The minimum Gasteiger partial charge on any atom is -0.493 e. The number of ketones is 1. The van der Waals surface area contributed by atoms with Gasteiger partial charge in [0.2, 0.25) is 0 Å². The van der Waals surface area contributed by atoms with E-state index in [9.17, 15) is 9.59 Å². The van der Waals surface area contributed by atoms with Crippen molar-refractivity contribution in [3.63, 3.8) is 0 Å². The summed E-state index contributed by atoms with van der Waals surface area (Å²) in [5.41, 5.74) is 1.71. The van der Waals surface area contributed by atoms with Gasteiger partial charge in [0.1, 0.15) is 5.75 Å². The Labute approximate surface area is 133 Å². The molecule has 1 aromatic carbocycles. The molecular formula is C17H17NO3S. The van der Waals surface area contributed by atoms with E-state index in [4.69, 9.17) is 4.74 Å². The Morgan fingerprint density at radius 3 is 2.86 bits per heavy atom. The monoisotopic (exact) mass is 315 g/mol. The number of carbonyl (C=O) groups excluding carboxylic acids is 2. The molecule has 114 valence electrons. The lowest BCUT2D eigenvalue weighted by molar-refractivity contribution is 0.0936. The Morgan fingerprint density at radius 1 is 1.36 bits per heavy atom. The number of nitrogens with one attached hydrogen (secondary N) is 1. The highest BCUT2D eigenvalue weighted by Gasteiger charge is 2.29. The fourth-order valence-corrected chi connectivity index (χ4v) is 3.47. The highest BCUT2D eigenvalue weighted by atomic mass is 32.1. The van der Waals surface area contributed by atoms with E-state index in [2.05, 4.69) is 5.32 Å². The van der Waals surface area contributed by atoms with Crippen molar-refractivity contribution < 1.29 is 14.3 Å². The summed E-state index contributed by atoms with van der Waals surface area (Å²) in [5, 5.41) is 4.73. The van der Waals surface area contributed by atoms with Crippen LogP contribution in [0, 0.1) is 0 Å². The molecule has 0 spiro atoms. The molecule has 22 heavy (non-hydrogen) atoms. The summed E-state index contributed by atoms with van der Waals surface area (Å²) in [6, 6.07) is 9.51. The minimum atomic E-state index is -0.144. The number of amides is 1. The summed E-state index contributed by atoms with van der Waals surface area (Å²) in [6.45, 7) is 4.05. The maximum atomic E-state index is 12.3. The number of ether oxygens (including phenoxy) is 1. The number of para-hydroxylation sites is 1. The standard InChI is InChI=1S/C17H17NO3S/c1-10(14-8-21-15-6-4-3-5-13(14)15)18-17(20)16-7-12(9-22-16)11(2)19/h3-7,9-10,14H,8H2,1-2H3,(H,18,20). The van der Waals surface area contributed by atoms with Crippen molar-refractivity contribution in [3.8, 4) is 5.75 Å². The fraction of sp³-hybridized carbons (Fsp3) is 0.294. The SMILES string of the molecule is CC(=O)c1csc(C(=O)NC(C)C2COc3ccccc32)c1. The van der Waals surface area contributed by atoms with Gasteiger partial charge in [-0.1, -0.05) is 18.2 Å². The number of fused-ring (bicyclic) bond motifs is 1. The van der Waals surface area contributed by atoms with Gasteiger partial charge < -0.3 is 10.1 Å². The molecule has 5 heteroatoms. The van der Waals surface area contributed by atoms with E-state index in [0.717, 1.165) is 11.3 Å². The Morgan fingerprint density at radius 2 is 2.14 bits per heavy atom. The number of Topliss-reactive ketones (excluding diaryl/α,β-unsaturated/α-hetero) is 1. The average molecular weight is 315 g/mol. The van der Waals surface area contributed by atoms with Gasteiger partial charge in [0.15, 0.2) is 5.78 Å². The average Bonchev–Trinajstić information content (AvgIpc) is 3.14. The second-order valence-electron chi connectivity index (χ2n) is 5.47. The lowest BCUT2D eigenvalue weighted by atomic mass is 9.94. The van der Waals surface area contributed by atoms with Gasteiger partial charge in [0.25, 0.3) is 5.91 Å². The predicted molar refractivity (Wildman–Crippen MR) is 85.9 cm³/mol. The molecule has 4 nitrogen and oxygen atoms in total. The largest absolute Gasteiger partial charge is 0.493 e. The zero-order chi connectivity index (χ0) is 15.7. The van der Waals surface area contributed by atoms with Crippen LogP contribution in [0.1, 0.15) is 45.4 Å². The molecule has 3 rings (SSSR count). The van der Waals surface area contributed by atoms with Crippen LogP contribution in [0.4, 0.5) is 0 Å². The summed E-state index contributed by atoms with van der Waals surface area (Å²) in [7, 11) is 0. The summed E-state index contributed by atoms with van der Waals surface area (Å²) < 4.78 is 5.66. The Bertz CT molecular complexity index is 722. The van der Waals surface area contributed by atoms with Gasteiger partial charge in [-0.2, -0.15) is 0 Å². The third-order valence-electron chi connectivity index (χ3n) is 3.93. The Balaban J connectivity index is 1.70. The van der Waals surface area contributed by atoms with E-state index in [1.54, 1.807) is 11.4 Å². The van der Waals surface area contributed by atoms with Crippen molar-refractivity contribution in [2.45, 2.75) is 25.8 Å². The molecule has 2 aromatic rings. The van der Waals surface area contributed by atoms with Crippen LogP contribution in [-0.2, 0) is 0 Å². The molecule has 1 N–H and O–H groups in total. The highest BCUT2D eigenvalue weighted by molar-refractivity contribution is 7.12. The number of hydrogen-bond acceptors (Lipinski definition) is 4. The van der Waals surface area contributed by atoms with Gasteiger partial charge in [-0.25, -0.2) is 0 Å². The van der Waals surface area contributed by atoms with Crippen LogP contribution in [-0.4, -0.2) is 24.3 Å². The summed E-state index contributed by atoms with van der Waals surface area (Å²) >= 11 is 1.29.